The summed E-state index contributed by atoms with van der Waals surface area (Å²) in [6, 6.07) is 1.84. The van der Waals surface area contributed by atoms with Crippen molar-refractivity contribution in [3.05, 3.63) is 24.3 Å². The molecule has 1 heterocycles. The van der Waals surface area contributed by atoms with E-state index in [0.717, 1.165) is 18.9 Å². The average Bonchev–Trinajstić information content (AvgIpc) is 3.00. The van der Waals surface area contributed by atoms with E-state index in [0.29, 0.717) is 4.75 Å². The lowest BCUT2D eigenvalue weighted by atomic mass is 10.4. The molecule has 0 unspecified atom stereocenters. The van der Waals surface area contributed by atoms with Gasteiger partial charge in [0.15, 0.2) is 0 Å². The molecule has 1 aliphatic carbocycles. The molecular formula is C10H15N3S. The minimum absolute atomic E-state index is 0.523. The van der Waals surface area contributed by atoms with Gasteiger partial charge in [0.1, 0.15) is 5.82 Å². The Bertz CT molecular complexity index is 285. The van der Waals surface area contributed by atoms with Crippen LogP contribution < -0.4 is 5.32 Å². The predicted molar refractivity (Wildman–Crippen MR) is 59.2 cm³/mol. The molecule has 14 heavy (non-hydrogen) atoms. The van der Waals surface area contributed by atoms with Crippen molar-refractivity contribution in [2.45, 2.75) is 24.1 Å². The second-order valence-electron chi connectivity index (χ2n) is 3.66. The smallest absolute Gasteiger partial charge is 0.141 e. The van der Waals surface area contributed by atoms with Crippen LogP contribution in [0.2, 0.25) is 0 Å². The van der Waals surface area contributed by atoms with Crippen molar-refractivity contribution in [2.24, 2.45) is 0 Å². The minimum Gasteiger partial charge on any atom is -0.308 e. The van der Waals surface area contributed by atoms with E-state index < -0.39 is 0 Å². The Hall–Kier alpha value is -0.610. The van der Waals surface area contributed by atoms with Crippen LogP contribution in [0.3, 0.4) is 0 Å². The van der Waals surface area contributed by atoms with Crippen molar-refractivity contribution in [3.8, 4) is 0 Å². The number of hydrogen-bond acceptors (Lipinski definition) is 4. The summed E-state index contributed by atoms with van der Waals surface area (Å²) >= 11 is 1.97. The molecule has 0 radical (unpaired) electrons. The predicted octanol–water partition coefficient (Wildman–Crippen LogP) is 1.46. The van der Waals surface area contributed by atoms with Crippen molar-refractivity contribution >= 4 is 11.8 Å². The topological polar surface area (TPSA) is 37.8 Å². The van der Waals surface area contributed by atoms with Gasteiger partial charge in [-0.3, -0.25) is 0 Å². The van der Waals surface area contributed by atoms with E-state index in [2.05, 4.69) is 21.5 Å². The summed E-state index contributed by atoms with van der Waals surface area (Å²) in [6.45, 7) is 1.86. The average molecular weight is 209 g/mol. The van der Waals surface area contributed by atoms with Crippen molar-refractivity contribution in [3.63, 3.8) is 0 Å². The Balaban J connectivity index is 1.73. The normalized spacial score (nSPS) is 18.1. The van der Waals surface area contributed by atoms with Gasteiger partial charge in [-0.05, 0) is 25.2 Å². The van der Waals surface area contributed by atoms with Gasteiger partial charge in [0, 0.05) is 23.7 Å². The lowest BCUT2D eigenvalue weighted by Crippen LogP contribution is -2.26. The second kappa shape index (κ2) is 4.28. The maximum Gasteiger partial charge on any atom is 0.141 e. The van der Waals surface area contributed by atoms with Gasteiger partial charge in [0.25, 0.3) is 0 Å². The first kappa shape index (κ1) is 9.93. The fraction of sp³-hybridized carbons (Fsp3) is 0.600. The van der Waals surface area contributed by atoms with Gasteiger partial charge in [-0.25, -0.2) is 9.97 Å². The van der Waals surface area contributed by atoms with E-state index >= 15 is 0 Å². The van der Waals surface area contributed by atoms with Gasteiger partial charge in [0.05, 0.1) is 6.54 Å². The van der Waals surface area contributed by atoms with Crippen LogP contribution >= 0.6 is 11.8 Å². The van der Waals surface area contributed by atoms with Crippen LogP contribution in [0.4, 0.5) is 0 Å². The van der Waals surface area contributed by atoms with Crippen LogP contribution in [-0.2, 0) is 6.54 Å². The second-order valence-corrected chi connectivity index (χ2v) is 4.93. The first-order valence-corrected chi connectivity index (χ1v) is 6.09. The largest absolute Gasteiger partial charge is 0.308 e. The molecule has 2 rings (SSSR count). The van der Waals surface area contributed by atoms with Gasteiger partial charge in [-0.2, -0.15) is 11.8 Å². The van der Waals surface area contributed by atoms with Crippen molar-refractivity contribution in [2.75, 3.05) is 12.8 Å². The number of rotatable bonds is 5. The van der Waals surface area contributed by atoms with Crippen LogP contribution in [0, 0.1) is 0 Å². The molecule has 1 fully saturated rings. The molecule has 0 spiro atoms. The Kier molecular flexibility index (Phi) is 3.03. The molecular weight excluding hydrogens is 194 g/mol. The van der Waals surface area contributed by atoms with Crippen molar-refractivity contribution in [1.29, 1.82) is 0 Å². The molecule has 4 heteroatoms. The molecule has 0 aromatic carbocycles. The summed E-state index contributed by atoms with van der Waals surface area (Å²) in [5.41, 5.74) is 0. The molecule has 1 saturated carbocycles. The van der Waals surface area contributed by atoms with Crippen LogP contribution in [0.25, 0.3) is 0 Å². The Morgan fingerprint density at radius 3 is 2.71 bits per heavy atom. The highest BCUT2D eigenvalue weighted by Crippen LogP contribution is 2.46. The molecule has 0 aliphatic heterocycles. The maximum atomic E-state index is 4.16. The summed E-state index contributed by atoms with van der Waals surface area (Å²) in [5.74, 6) is 0.879. The molecule has 1 aliphatic rings. The van der Waals surface area contributed by atoms with Gasteiger partial charge in [-0.15, -0.1) is 0 Å². The van der Waals surface area contributed by atoms with Gasteiger partial charge < -0.3 is 5.32 Å². The number of hydrogen-bond donors (Lipinski definition) is 1. The number of aromatic nitrogens is 2. The molecule has 1 aromatic rings. The third kappa shape index (κ3) is 2.45. The highest BCUT2D eigenvalue weighted by Gasteiger charge is 2.41. The summed E-state index contributed by atoms with van der Waals surface area (Å²) in [7, 11) is 0. The molecule has 3 nitrogen and oxygen atoms in total. The number of nitrogens with zero attached hydrogens (tertiary/aromatic N) is 2. The van der Waals surface area contributed by atoms with Crippen LogP contribution in [0.5, 0.6) is 0 Å². The zero-order valence-corrected chi connectivity index (χ0v) is 9.18. The van der Waals surface area contributed by atoms with Gasteiger partial charge in [0.2, 0.25) is 0 Å². The van der Waals surface area contributed by atoms with Gasteiger partial charge in [-0.1, -0.05) is 0 Å². The van der Waals surface area contributed by atoms with Crippen LogP contribution in [0.15, 0.2) is 18.5 Å². The third-order valence-electron chi connectivity index (χ3n) is 2.59. The maximum absolute atomic E-state index is 4.16. The standard InChI is InChI=1S/C10H15N3S/c1-14-10(3-4-10)8-11-7-9-12-5-2-6-13-9/h2,5-6,11H,3-4,7-8H2,1H3. The highest BCUT2D eigenvalue weighted by molar-refractivity contribution is 8.00. The van der Waals surface area contributed by atoms with E-state index in [9.17, 15) is 0 Å². The Morgan fingerprint density at radius 1 is 1.43 bits per heavy atom. The molecule has 0 atom stereocenters. The monoisotopic (exact) mass is 209 g/mol. The molecule has 0 bridgehead atoms. The molecule has 76 valence electrons. The molecule has 0 saturated heterocycles. The summed E-state index contributed by atoms with van der Waals surface area (Å²) in [5, 5.41) is 3.41. The fourth-order valence-corrected chi connectivity index (χ4v) is 2.17. The Labute approximate surface area is 88.7 Å². The Morgan fingerprint density at radius 2 is 2.14 bits per heavy atom. The number of nitrogens with one attached hydrogen (secondary N) is 1. The first-order valence-electron chi connectivity index (χ1n) is 4.86. The van der Waals surface area contributed by atoms with E-state index in [-0.39, 0.29) is 0 Å². The quantitative estimate of drug-likeness (QED) is 0.796. The lowest BCUT2D eigenvalue weighted by molar-refractivity contribution is 0.639. The fourth-order valence-electron chi connectivity index (χ4n) is 1.42. The molecule has 1 aromatic heterocycles. The van der Waals surface area contributed by atoms with Gasteiger partial charge >= 0.3 is 0 Å². The minimum atomic E-state index is 0.523. The lowest BCUT2D eigenvalue weighted by Gasteiger charge is -2.11. The van der Waals surface area contributed by atoms with E-state index in [1.807, 2.05) is 17.8 Å². The summed E-state index contributed by atoms with van der Waals surface area (Å²) in [6.07, 6.45) is 8.44. The van der Waals surface area contributed by atoms with Crippen molar-refractivity contribution in [1.82, 2.24) is 15.3 Å². The molecule has 1 N–H and O–H groups in total. The highest BCUT2D eigenvalue weighted by atomic mass is 32.2. The first-order chi connectivity index (χ1) is 6.85. The summed E-state index contributed by atoms with van der Waals surface area (Å²) < 4.78 is 0.523. The number of thioether (sulfide) groups is 1. The van der Waals surface area contributed by atoms with Crippen molar-refractivity contribution < 1.29 is 0 Å². The van der Waals surface area contributed by atoms with Crippen LogP contribution in [-0.4, -0.2) is 27.5 Å². The summed E-state index contributed by atoms with van der Waals surface area (Å²) in [4.78, 5) is 8.33. The van der Waals surface area contributed by atoms with E-state index in [1.54, 1.807) is 12.4 Å². The van der Waals surface area contributed by atoms with Crippen LogP contribution in [0.1, 0.15) is 18.7 Å². The third-order valence-corrected chi connectivity index (χ3v) is 4.01. The SMILES string of the molecule is CSC1(CNCc2ncccn2)CC1. The zero-order valence-electron chi connectivity index (χ0n) is 8.36. The van der Waals surface area contributed by atoms with E-state index in [4.69, 9.17) is 0 Å². The zero-order chi connectivity index (χ0) is 9.86. The molecule has 0 amide bonds. The van der Waals surface area contributed by atoms with E-state index in [1.165, 1.54) is 12.8 Å².